The zero-order valence-electron chi connectivity index (χ0n) is 64.3. The van der Waals surface area contributed by atoms with Gasteiger partial charge in [0.2, 0.25) is 0 Å². The van der Waals surface area contributed by atoms with Gasteiger partial charge in [-0.05, 0) is 201 Å². The smallest absolute Gasteiger partial charge is 0.268 e. The number of anilines is 18. The van der Waals surface area contributed by atoms with Crippen molar-refractivity contribution in [2.24, 2.45) is 0 Å². The monoisotopic (exact) mass is 1690 g/mol. The van der Waals surface area contributed by atoms with Gasteiger partial charge in [0.1, 0.15) is 110 Å². The molecule has 0 amide bonds. The summed E-state index contributed by atoms with van der Waals surface area (Å²) in [7, 11) is 0. The lowest BCUT2D eigenvalue weighted by Crippen LogP contribution is -2.65. The second kappa shape index (κ2) is 28.1. The number of nitrogens with zero attached hydrogens (tertiary/aromatic N) is 6. The van der Waals surface area contributed by atoms with E-state index in [1.54, 1.807) is 102 Å². The molecule has 0 radical (unpaired) electrons. The molecule has 18 aromatic rings. The quantitative estimate of drug-likeness (QED) is 0.0878. The van der Waals surface area contributed by atoms with Crippen molar-refractivity contribution in [2.45, 2.75) is 9.79 Å². The first-order chi connectivity index (χ1) is 60.7. The average Bonchev–Trinajstić information content (AvgIpc) is 0.981. The Labute approximate surface area is 715 Å². The van der Waals surface area contributed by atoms with Crippen molar-refractivity contribution in [3.05, 3.63) is 380 Å². The molecular weight excluding hydrogens is 1640 g/mol. The van der Waals surface area contributed by atoms with Gasteiger partial charge >= 0.3 is 0 Å². The lowest BCUT2D eigenvalue weighted by Gasteiger charge is -2.45. The summed E-state index contributed by atoms with van der Waals surface area (Å²) in [5.41, 5.74) is 4.68. The van der Waals surface area contributed by atoms with Crippen LogP contribution in [0.25, 0.3) is 20.2 Å². The van der Waals surface area contributed by atoms with Gasteiger partial charge in [0.05, 0.1) is 11.4 Å². The Morgan fingerprint density at radius 3 is 1.10 bits per heavy atom. The van der Waals surface area contributed by atoms with Gasteiger partial charge in [0.15, 0.2) is 0 Å². The van der Waals surface area contributed by atoms with Crippen molar-refractivity contribution in [3.8, 4) is 23.0 Å². The highest BCUT2D eigenvalue weighted by Gasteiger charge is 2.53. The summed E-state index contributed by atoms with van der Waals surface area (Å²) in [6, 6.07) is 87.6. The molecule has 0 N–H and O–H groups in total. The van der Waals surface area contributed by atoms with Gasteiger partial charge in [-0.15, -0.1) is 22.7 Å². The molecule has 0 fully saturated rings. The van der Waals surface area contributed by atoms with Crippen molar-refractivity contribution in [3.63, 3.8) is 0 Å². The van der Waals surface area contributed by atoms with E-state index in [0.29, 0.717) is 87.5 Å². The SMILES string of the molecule is Fc1cccc(F)c1N(c1ccccc1)c1cc2c3c(c1)N(c1c(F)cccc1F)c1cc4c(cc1B3c1sc3ccccc3c1O2)B1c2cc3c(cc2Oc2cc(N(c5ccccc5)c5ccccc5)cc(c21)N4c1c(F)cccc1F)N(c1c(F)cccc1F)c1cc(N(c2ccccc2)c2c(F)cccc2F)cc2c1B3c1sc3ccccc3c1S2. The lowest BCUT2D eigenvalue weighted by atomic mass is 9.30. The van der Waals surface area contributed by atoms with Gasteiger partial charge in [0, 0.05) is 116 Å². The number of benzene rings is 16. The normalized spacial score (nSPS) is 13.2. The number of halogens is 10. The van der Waals surface area contributed by atoms with E-state index in [-0.39, 0.29) is 62.7 Å². The summed E-state index contributed by atoms with van der Waals surface area (Å²) in [5, 5.41) is 1.62. The topological polar surface area (TPSA) is 37.9 Å². The van der Waals surface area contributed by atoms with Crippen LogP contribution in [-0.4, -0.2) is 20.1 Å². The maximum absolute atomic E-state index is 18.4. The molecule has 0 saturated carbocycles. The Bertz CT molecular complexity index is 7470. The number of hydrogen-bond donors (Lipinski definition) is 0. The molecule has 0 spiro atoms. The van der Waals surface area contributed by atoms with Crippen LogP contribution >= 0.6 is 34.4 Å². The highest BCUT2D eigenvalue weighted by atomic mass is 32.2. The number of para-hydroxylation sites is 9. The summed E-state index contributed by atoms with van der Waals surface area (Å²) in [6.07, 6.45) is 0. The minimum Gasteiger partial charge on any atom is -0.458 e. The summed E-state index contributed by atoms with van der Waals surface area (Å²) in [6.45, 7) is -2.79. The zero-order valence-corrected chi connectivity index (χ0v) is 66.8. The number of thiophene rings is 2. The fourth-order valence-electron chi connectivity index (χ4n) is 19.2. The maximum atomic E-state index is 18.4. The van der Waals surface area contributed by atoms with Crippen LogP contribution < -0.4 is 86.7 Å². The average molecular weight is 1690 g/mol. The van der Waals surface area contributed by atoms with Crippen LogP contribution in [0.2, 0.25) is 0 Å². The molecule has 2 aromatic heterocycles. The fraction of sp³-hybridized carbons (Fsp3) is 0. The molecule has 124 heavy (non-hydrogen) atoms. The van der Waals surface area contributed by atoms with E-state index in [0.717, 1.165) is 60.9 Å². The zero-order chi connectivity index (χ0) is 83.3. The molecule has 0 bridgehead atoms. The fourth-order valence-corrected chi connectivity index (χ4v) is 23.2. The second-order valence-corrected chi connectivity index (χ2v) is 34.2. The first-order valence-electron chi connectivity index (χ1n) is 39.8. The van der Waals surface area contributed by atoms with Gasteiger partial charge in [-0.25, -0.2) is 43.9 Å². The van der Waals surface area contributed by atoms with Gasteiger partial charge in [-0.3, -0.25) is 0 Å². The Morgan fingerprint density at radius 2 is 0.613 bits per heavy atom. The second-order valence-electron chi connectivity index (χ2n) is 30.9. The van der Waals surface area contributed by atoms with Crippen LogP contribution in [0.4, 0.5) is 146 Å². The van der Waals surface area contributed by atoms with Crippen LogP contribution in [-0.2, 0) is 0 Å². The van der Waals surface area contributed by atoms with Gasteiger partial charge < -0.3 is 38.9 Å². The summed E-state index contributed by atoms with van der Waals surface area (Å²) >= 11 is 4.42. The van der Waals surface area contributed by atoms with Crippen molar-refractivity contribution in [1.82, 2.24) is 0 Å². The predicted molar refractivity (Wildman–Crippen MR) is 482 cm³/mol. The Kier molecular flexibility index (Phi) is 16.7. The summed E-state index contributed by atoms with van der Waals surface area (Å²) in [5.74, 6) is -8.60. The van der Waals surface area contributed by atoms with E-state index in [1.807, 2.05) is 144 Å². The van der Waals surface area contributed by atoms with Gasteiger partial charge in [0.25, 0.3) is 20.1 Å². The molecule has 24 rings (SSSR count). The lowest BCUT2D eigenvalue weighted by molar-refractivity contribution is 0.487. The van der Waals surface area contributed by atoms with E-state index >= 15 is 43.9 Å². The van der Waals surface area contributed by atoms with Crippen LogP contribution in [0.15, 0.2) is 331 Å². The largest absolute Gasteiger partial charge is 0.458 e. The van der Waals surface area contributed by atoms with E-state index in [9.17, 15) is 0 Å². The third-order valence-electron chi connectivity index (χ3n) is 24.2. The molecule has 0 unspecified atom stereocenters. The third-order valence-corrected chi connectivity index (χ3v) is 27.9. The Hall–Kier alpha value is -14.3. The summed E-state index contributed by atoms with van der Waals surface area (Å²) < 4.78 is 195. The summed E-state index contributed by atoms with van der Waals surface area (Å²) in [4.78, 5) is 10.7. The highest BCUT2D eigenvalue weighted by molar-refractivity contribution is 8.00. The first-order valence-corrected chi connectivity index (χ1v) is 42.3. The molecule has 16 aromatic carbocycles. The molecule has 8 heterocycles. The van der Waals surface area contributed by atoms with Crippen LogP contribution in [0.5, 0.6) is 23.0 Å². The first kappa shape index (κ1) is 73.6. The third kappa shape index (κ3) is 11.0. The molecular formula is C100H53B3F10N6O2S3. The standard InChI is InChI=1S/C100H53B3F10N6O2S3/c104-67-32-17-33-68(105)92(67)115(56-26-9-3-10-27-56)59-45-81-90-85(48-59)121-97-61-30-13-15-42-86(61)123-99(97)102(90)64-50-63-77(52-78(64)118(81)95-73(110)38-20-39-74(95)111)117(94-71(108)36-19-37-72(94)109)80-44-58(114(54-22-5-1-6-23-54)55-24-7-2-8-25-55)47-84-89(80)101(63)66-51-65-79(53-83(66)120-84)119(96-75(112)40-21-41-76(96)113)82-46-60(116(57-28-11-4-12-29-57)93-69(106)34-18-35-70(93)107)49-88-91(82)103(65)100-98(122-88)62-31-14-16-43-87(62)124-100/h1-53H. The van der Waals surface area contributed by atoms with Crippen molar-refractivity contribution >= 4 is 225 Å². The molecule has 6 aliphatic heterocycles. The predicted octanol–water partition coefficient (Wildman–Crippen LogP) is 23.5. The maximum Gasteiger partial charge on any atom is 0.268 e. The Morgan fingerprint density at radius 1 is 0.258 bits per heavy atom. The van der Waals surface area contributed by atoms with E-state index < -0.39 is 107 Å². The molecule has 24 heteroatoms. The number of fused-ring (bicyclic) bond motifs is 16. The number of hydrogen-bond acceptors (Lipinski definition) is 11. The van der Waals surface area contributed by atoms with Crippen LogP contribution in [0, 0.1) is 58.2 Å². The molecule has 0 atom stereocenters. The van der Waals surface area contributed by atoms with Crippen molar-refractivity contribution in [1.29, 1.82) is 0 Å². The molecule has 592 valence electrons. The highest BCUT2D eigenvalue weighted by Crippen LogP contribution is 2.56. The van der Waals surface area contributed by atoms with Crippen LogP contribution in [0.3, 0.4) is 0 Å². The van der Waals surface area contributed by atoms with E-state index in [1.165, 1.54) is 102 Å². The van der Waals surface area contributed by atoms with Crippen LogP contribution in [0.1, 0.15) is 0 Å². The van der Waals surface area contributed by atoms with Gasteiger partial charge in [-0.2, -0.15) is 0 Å². The van der Waals surface area contributed by atoms with Crippen molar-refractivity contribution < 1.29 is 53.4 Å². The van der Waals surface area contributed by atoms with E-state index in [2.05, 4.69) is 0 Å². The Balaban J connectivity index is 0.832. The minimum atomic E-state index is -1.07. The van der Waals surface area contributed by atoms with Crippen molar-refractivity contribution in [2.75, 3.05) is 29.4 Å². The molecule has 8 nitrogen and oxygen atoms in total. The minimum absolute atomic E-state index is 0.111. The number of rotatable bonds is 12. The number of ether oxygens (including phenoxy) is 2. The molecule has 0 aliphatic carbocycles. The molecule has 6 aliphatic rings. The van der Waals surface area contributed by atoms with E-state index in [4.69, 9.17) is 9.47 Å². The molecule has 0 saturated heterocycles. The van der Waals surface area contributed by atoms with Gasteiger partial charge in [-0.1, -0.05) is 157 Å².